The highest BCUT2D eigenvalue weighted by Crippen LogP contribution is 2.51. The SMILES string of the molecule is CC(C)(C)c1ccc(N2c3cccc4c3B(c3ccc(-c5cc(C(C)(C)C)cc(C(C)(C)C)c5)cc3N4c3ccc(C(C)(C)C)cc3-c3ccc4oc5ccccc5c4c3)c3sc4ccc(C(C)(C)C)cc4c32)cc1. The summed E-state index contributed by atoms with van der Waals surface area (Å²) < 4.78 is 9.15. The minimum atomic E-state index is -0.0833. The number of nitrogens with zero attached hydrogens (tertiary/aromatic N) is 2. The number of thiophene rings is 1. The first-order chi connectivity index (χ1) is 35.3. The van der Waals surface area contributed by atoms with Crippen LogP contribution < -0.4 is 25.5 Å². The normalized spacial score (nSPS) is 14.0. The van der Waals surface area contributed by atoms with Gasteiger partial charge in [-0.2, -0.15) is 0 Å². The van der Waals surface area contributed by atoms with Gasteiger partial charge in [0.15, 0.2) is 0 Å². The van der Waals surface area contributed by atoms with E-state index in [0.717, 1.165) is 33.2 Å². The van der Waals surface area contributed by atoms with E-state index in [1.165, 1.54) is 98.7 Å². The predicted molar refractivity (Wildman–Crippen MR) is 327 cm³/mol. The number of benzene rings is 8. The fourth-order valence-corrected chi connectivity index (χ4v) is 13.0. The Hall–Kier alpha value is -6.82. The Labute approximate surface area is 450 Å². The average molecular weight is 999 g/mol. The Kier molecular flexibility index (Phi) is 11.0. The maximum absolute atomic E-state index is 6.45. The zero-order valence-corrected chi connectivity index (χ0v) is 47.6. The molecule has 2 aliphatic heterocycles. The van der Waals surface area contributed by atoms with Crippen molar-refractivity contribution < 1.29 is 4.42 Å². The second-order valence-corrected chi connectivity index (χ2v) is 27.8. The minimum Gasteiger partial charge on any atom is -0.456 e. The summed E-state index contributed by atoms with van der Waals surface area (Å²) in [4.78, 5) is 5.23. The van der Waals surface area contributed by atoms with Crippen molar-refractivity contribution in [1.82, 2.24) is 0 Å². The smallest absolute Gasteiger partial charge is 0.264 e. The van der Waals surface area contributed by atoms with E-state index in [4.69, 9.17) is 4.42 Å². The van der Waals surface area contributed by atoms with E-state index in [0.29, 0.717) is 0 Å². The monoisotopic (exact) mass is 999 g/mol. The lowest BCUT2D eigenvalue weighted by molar-refractivity contribution is 0.569. The molecule has 75 heavy (non-hydrogen) atoms. The van der Waals surface area contributed by atoms with Crippen molar-refractivity contribution in [3.8, 4) is 22.3 Å². The van der Waals surface area contributed by atoms with Crippen molar-refractivity contribution in [2.45, 2.75) is 131 Å². The van der Waals surface area contributed by atoms with Crippen molar-refractivity contribution in [1.29, 1.82) is 0 Å². The number of furan rings is 1. The van der Waals surface area contributed by atoms with Gasteiger partial charge in [-0.15, -0.1) is 11.3 Å². The number of hydrogen-bond donors (Lipinski definition) is 0. The molecular formula is C70H71BN2OS. The molecule has 10 aromatic rings. The Balaban J connectivity index is 1.18. The molecule has 0 fully saturated rings. The zero-order valence-electron chi connectivity index (χ0n) is 46.8. The van der Waals surface area contributed by atoms with Crippen LogP contribution in [0, 0.1) is 0 Å². The summed E-state index contributed by atoms with van der Waals surface area (Å²) >= 11 is 1.97. The molecule has 2 aromatic heterocycles. The summed E-state index contributed by atoms with van der Waals surface area (Å²) in [7, 11) is 0. The molecule has 3 nitrogen and oxygen atoms in total. The predicted octanol–water partition coefficient (Wildman–Crippen LogP) is 18.7. The lowest BCUT2D eigenvalue weighted by Crippen LogP contribution is -2.60. The van der Waals surface area contributed by atoms with Crippen molar-refractivity contribution in [2.24, 2.45) is 0 Å². The van der Waals surface area contributed by atoms with Gasteiger partial charge in [0, 0.05) is 53.9 Å². The van der Waals surface area contributed by atoms with Gasteiger partial charge in [0.25, 0.3) is 6.71 Å². The van der Waals surface area contributed by atoms with Crippen LogP contribution in [0.4, 0.5) is 34.1 Å². The van der Waals surface area contributed by atoms with E-state index in [-0.39, 0.29) is 33.8 Å². The lowest BCUT2D eigenvalue weighted by atomic mass is 9.36. The first-order valence-electron chi connectivity index (χ1n) is 27.1. The van der Waals surface area contributed by atoms with Gasteiger partial charge in [0.05, 0.1) is 11.4 Å². The summed E-state index contributed by atoms with van der Waals surface area (Å²) in [6, 6.07) is 61.0. The molecule has 0 bridgehead atoms. The fourth-order valence-electron chi connectivity index (χ4n) is 11.7. The largest absolute Gasteiger partial charge is 0.456 e. The molecule has 0 radical (unpaired) electrons. The maximum atomic E-state index is 6.45. The topological polar surface area (TPSA) is 19.6 Å². The third kappa shape index (κ3) is 8.24. The highest BCUT2D eigenvalue weighted by atomic mass is 32.1. The van der Waals surface area contributed by atoms with Crippen LogP contribution in [0.1, 0.15) is 132 Å². The molecule has 4 heterocycles. The van der Waals surface area contributed by atoms with Gasteiger partial charge in [-0.3, -0.25) is 0 Å². The van der Waals surface area contributed by atoms with E-state index >= 15 is 0 Å². The van der Waals surface area contributed by atoms with E-state index in [9.17, 15) is 0 Å². The quantitative estimate of drug-likeness (QED) is 0.164. The Morgan fingerprint density at radius 3 is 1.64 bits per heavy atom. The summed E-state index contributed by atoms with van der Waals surface area (Å²) in [5, 5.41) is 3.57. The summed E-state index contributed by atoms with van der Waals surface area (Å²) in [6.45, 7) is 34.9. The summed E-state index contributed by atoms with van der Waals surface area (Å²) in [5.41, 5.74) is 23.1. The third-order valence-electron chi connectivity index (χ3n) is 16.2. The number of para-hydroxylation sites is 1. The van der Waals surface area contributed by atoms with Crippen molar-refractivity contribution in [3.05, 3.63) is 186 Å². The van der Waals surface area contributed by atoms with Gasteiger partial charge in [0.1, 0.15) is 11.2 Å². The highest BCUT2D eigenvalue weighted by Gasteiger charge is 2.46. The van der Waals surface area contributed by atoms with E-state index in [1.807, 2.05) is 11.3 Å². The average Bonchev–Trinajstić information content (AvgIpc) is 3.99. The van der Waals surface area contributed by atoms with Gasteiger partial charge in [-0.1, -0.05) is 189 Å². The van der Waals surface area contributed by atoms with Crippen LogP contribution in [0.3, 0.4) is 0 Å². The molecule has 376 valence electrons. The molecule has 0 amide bonds. The molecule has 5 heteroatoms. The maximum Gasteiger partial charge on any atom is 0.264 e. The molecule has 8 aromatic carbocycles. The highest BCUT2D eigenvalue weighted by molar-refractivity contribution is 7.33. The number of fused-ring (bicyclic) bond motifs is 9. The van der Waals surface area contributed by atoms with Crippen LogP contribution in [-0.4, -0.2) is 6.71 Å². The van der Waals surface area contributed by atoms with Crippen LogP contribution in [0.2, 0.25) is 0 Å². The van der Waals surface area contributed by atoms with Gasteiger partial charge in [0.2, 0.25) is 0 Å². The molecule has 0 atom stereocenters. The third-order valence-corrected chi connectivity index (χ3v) is 17.5. The Bertz CT molecular complexity index is 3890. The first kappa shape index (κ1) is 49.1. The molecule has 12 rings (SSSR count). The summed E-state index contributed by atoms with van der Waals surface area (Å²) in [6.07, 6.45) is 0. The van der Waals surface area contributed by atoms with E-state index < -0.39 is 0 Å². The fraction of sp³-hybridized carbons (Fsp3) is 0.286. The van der Waals surface area contributed by atoms with Crippen LogP contribution in [-0.2, 0) is 27.1 Å². The molecule has 0 N–H and O–H groups in total. The Morgan fingerprint density at radius 2 is 0.973 bits per heavy atom. The van der Waals surface area contributed by atoms with Crippen LogP contribution in [0.15, 0.2) is 162 Å². The molecule has 0 spiro atoms. The van der Waals surface area contributed by atoms with Crippen molar-refractivity contribution in [2.75, 3.05) is 9.80 Å². The van der Waals surface area contributed by atoms with Crippen LogP contribution in [0.5, 0.6) is 0 Å². The molecule has 2 aliphatic rings. The van der Waals surface area contributed by atoms with Crippen LogP contribution in [0.25, 0.3) is 54.3 Å². The molecule has 0 unspecified atom stereocenters. The van der Waals surface area contributed by atoms with E-state index in [2.05, 4.69) is 271 Å². The molecular weight excluding hydrogens is 928 g/mol. The summed E-state index contributed by atoms with van der Waals surface area (Å²) in [5.74, 6) is 0. The van der Waals surface area contributed by atoms with Crippen LogP contribution >= 0.6 is 11.3 Å². The minimum absolute atomic E-state index is 0.0101. The van der Waals surface area contributed by atoms with Crippen molar-refractivity contribution >= 4 is 99.9 Å². The van der Waals surface area contributed by atoms with Gasteiger partial charge in [-0.25, -0.2) is 0 Å². The van der Waals surface area contributed by atoms with Gasteiger partial charge < -0.3 is 14.2 Å². The second kappa shape index (κ2) is 16.8. The van der Waals surface area contributed by atoms with Gasteiger partial charge >= 0.3 is 0 Å². The molecule has 0 aliphatic carbocycles. The Morgan fingerprint density at radius 1 is 0.387 bits per heavy atom. The standard InChI is InChI=1S/C70H71BN2OS/c1-66(2,3)45-25-29-50(30-26-45)72-57-20-18-21-58-63(57)71(65-64(72)54-41-47(68(7,8)9)28-34-62(54)75-65)55-31-23-42(44-35-48(69(10,11)12)39-49(36-44)70(13,14)15)38-59(55)73(58)56-32-27-46(67(4,5)6)40-52(56)43-24-33-61-53(37-43)51-19-16-17-22-60(51)74-61/h16-41H,1-15H3. The first-order valence-corrected chi connectivity index (χ1v) is 27.9. The zero-order chi connectivity index (χ0) is 52.9. The van der Waals surface area contributed by atoms with Crippen molar-refractivity contribution in [3.63, 3.8) is 0 Å². The number of rotatable bonds is 4. The number of anilines is 6. The van der Waals surface area contributed by atoms with E-state index in [1.54, 1.807) is 0 Å². The second-order valence-electron chi connectivity index (χ2n) is 26.8. The lowest BCUT2D eigenvalue weighted by Gasteiger charge is -2.43. The molecule has 0 saturated heterocycles. The molecule has 0 saturated carbocycles. The number of hydrogen-bond acceptors (Lipinski definition) is 4. The van der Waals surface area contributed by atoms with Gasteiger partial charge in [-0.05, 0) is 155 Å².